The molecule has 0 amide bonds. The summed E-state index contributed by atoms with van der Waals surface area (Å²) in [6.07, 6.45) is 9.65. The van der Waals surface area contributed by atoms with Gasteiger partial charge in [0.1, 0.15) is 11.5 Å². The van der Waals surface area contributed by atoms with Gasteiger partial charge in [-0.2, -0.15) is 0 Å². The molecule has 31 heavy (non-hydrogen) atoms. The predicted molar refractivity (Wildman–Crippen MR) is 120 cm³/mol. The third-order valence-electron chi connectivity index (χ3n) is 6.70. The molecule has 1 atom stereocenters. The number of pyridine rings is 1. The summed E-state index contributed by atoms with van der Waals surface area (Å²) in [4.78, 5) is 17.1. The monoisotopic (exact) mass is 411 g/mol. The first-order valence-electron chi connectivity index (χ1n) is 11.2. The molecule has 1 aliphatic heterocycles. The molecule has 1 aliphatic carbocycles. The van der Waals surface area contributed by atoms with Gasteiger partial charge < -0.3 is 4.90 Å². The maximum Gasteiger partial charge on any atom is 0.163 e. The molecular formula is C24H25N7. The number of aromatic nitrogens is 6. The van der Waals surface area contributed by atoms with Gasteiger partial charge in [0, 0.05) is 23.2 Å². The molecule has 0 N–H and O–H groups in total. The van der Waals surface area contributed by atoms with Crippen LogP contribution in [0.1, 0.15) is 56.7 Å². The van der Waals surface area contributed by atoms with E-state index in [-0.39, 0.29) is 6.04 Å². The Bertz CT molecular complexity index is 1270. The Morgan fingerprint density at radius 3 is 2.71 bits per heavy atom. The van der Waals surface area contributed by atoms with Crippen LogP contribution in [0, 0.1) is 6.92 Å². The van der Waals surface area contributed by atoms with Crippen LogP contribution in [0.25, 0.3) is 28.0 Å². The maximum absolute atomic E-state index is 5.18. The number of hydrogen-bond donors (Lipinski definition) is 0. The van der Waals surface area contributed by atoms with Gasteiger partial charge in [-0.05, 0) is 38.3 Å². The smallest absolute Gasteiger partial charge is 0.163 e. The van der Waals surface area contributed by atoms with E-state index >= 15 is 0 Å². The molecule has 1 fully saturated rings. The number of para-hydroxylation sites is 1. The van der Waals surface area contributed by atoms with Crippen LogP contribution in [0.3, 0.4) is 0 Å². The van der Waals surface area contributed by atoms with Gasteiger partial charge in [0.2, 0.25) is 0 Å². The second-order valence-electron chi connectivity index (χ2n) is 8.49. The molecule has 0 unspecified atom stereocenters. The SMILES string of the molecule is CC[C@@H]1c2nnc(C)n2-c2cnc(-c3cccc4cccnc34)nc2N1C1CCCC1. The van der Waals surface area contributed by atoms with E-state index in [1.807, 2.05) is 31.5 Å². The van der Waals surface area contributed by atoms with Crippen LogP contribution in [0.15, 0.2) is 42.7 Å². The number of nitrogens with zero attached hydrogens (tertiary/aromatic N) is 7. The van der Waals surface area contributed by atoms with Gasteiger partial charge in [0.25, 0.3) is 0 Å². The van der Waals surface area contributed by atoms with E-state index in [0.29, 0.717) is 6.04 Å². The number of benzene rings is 1. The van der Waals surface area contributed by atoms with Crippen molar-refractivity contribution in [3.8, 4) is 17.1 Å². The zero-order chi connectivity index (χ0) is 20.9. The van der Waals surface area contributed by atoms with Gasteiger partial charge in [-0.3, -0.25) is 9.55 Å². The second kappa shape index (κ2) is 7.11. The van der Waals surface area contributed by atoms with Crippen LogP contribution in [0.2, 0.25) is 0 Å². The molecule has 2 aliphatic rings. The fourth-order valence-corrected chi connectivity index (χ4v) is 5.28. The van der Waals surface area contributed by atoms with Crippen LogP contribution in [-0.4, -0.2) is 35.8 Å². The highest BCUT2D eigenvalue weighted by Crippen LogP contribution is 2.43. The molecule has 1 saturated carbocycles. The lowest BCUT2D eigenvalue weighted by Gasteiger charge is -2.41. The Labute approximate surface area is 181 Å². The van der Waals surface area contributed by atoms with Crippen LogP contribution >= 0.6 is 0 Å². The molecule has 0 radical (unpaired) electrons. The molecular weight excluding hydrogens is 386 g/mol. The van der Waals surface area contributed by atoms with Gasteiger partial charge in [0.05, 0.1) is 17.8 Å². The minimum absolute atomic E-state index is 0.171. The predicted octanol–water partition coefficient (Wildman–Crippen LogP) is 4.79. The zero-order valence-electron chi connectivity index (χ0n) is 17.9. The topological polar surface area (TPSA) is 72.6 Å². The molecule has 0 saturated heterocycles. The zero-order valence-corrected chi connectivity index (χ0v) is 17.9. The Kier molecular flexibility index (Phi) is 4.23. The van der Waals surface area contributed by atoms with Gasteiger partial charge in [-0.15, -0.1) is 10.2 Å². The normalized spacial score (nSPS) is 18.4. The lowest BCUT2D eigenvalue weighted by atomic mass is 10.0. The number of anilines is 1. The highest BCUT2D eigenvalue weighted by atomic mass is 15.4. The molecule has 0 spiro atoms. The van der Waals surface area contributed by atoms with Crippen molar-refractivity contribution in [3.05, 3.63) is 54.4 Å². The molecule has 3 aromatic heterocycles. The van der Waals surface area contributed by atoms with Crippen molar-refractivity contribution in [1.82, 2.24) is 29.7 Å². The van der Waals surface area contributed by atoms with Crippen molar-refractivity contribution in [2.75, 3.05) is 4.90 Å². The summed E-state index contributed by atoms with van der Waals surface area (Å²) in [7, 11) is 0. The van der Waals surface area contributed by atoms with Crippen LogP contribution in [-0.2, 0) is 0 Å². The van der Waals surface area contributed by atoms with Gasteiger partial charge in [-0.25, -0.2) is 9.97 Å². The Balaban J connectivity index is 1.59. The fourth-order valence-electron chi connectivity index (χ4n) is 5.28. The fraction of sp³-hybridized carbons (Fsp3) is 0.375. The second-order valence-corrected chi connectivity index (χ2v) is 8.49. The van der Waals surface area contributed by atoms with Gasteiger partial charge in [0.15, 0.2) is 17.5 Å². The summed E-state index contributed by atoms with van der Waals surface area (Å²) in [6, 6.07) is 10.9. The highest BCUT2D eigenvalue weighted by Gasteiger charge is 2.39. The quantitative estimate of drug-likeness (QED) is 0.482. The van der Waals surface area contributed by atoms with Crippen molar-refractivity contribution in [3.63, 3.8) is 0 Å². The van der Waals surface area contributed by atoms with Crippen LogP contribution < -0.4 is 4.90 Å². The minimum atomic E-state index is 0.171. The summed E-state index contributed by atoms with van der Waals surface area (Å²) >= 11 is 0. The standard InChI is InChI=1S/C24H25N7/c1-3-19-24-29-28-15(2)30(24)20-14-26-22(27-23(20)31(19)17-10-4-5-11-17)18-12-6-8-16-9-7-13-25-21(16)18/h6-9,12-14,17,19H,3-5,10-11H2,1-2H3/t19-/m1/s1. The average Bonchev–Trinajstić information content (AvgIpc) is 3.47. The maximum atomic E-state index is 5.18. The number of fused-ring (bicyclic) bond motifs is 4. The van der Waals surface area contributed by atoms with Crippen molar-refractivity contribution in [2.24, 2.45) is 0 Å². The summed E-state index contributed by atoms with van der Waals surface area (Å²) in [5.41, 5.74) is 2.87. The van der Waals surface area contributed by atoms with E-state index in [0.717, 1.165) is 51.9 Å². The van der Waals surface area contributed by atoms with Crippen molar-refractivity contribution < 1.29 is 0 Å². The van der Waals surface area contributed by atoms with E-state index in [1.165, 1.54) is 25.7 Å². The first-order valence-corrected chi connectivity index (χ1v) is 11.2. The number of hydrogen-bond acceptors (Lipinski definition) is 6. The summed E-state index contributed by atoms with van der Waals surface area (Å²) in [6.45, 7) is 4.23. The van der Waals surface area contributed by atoms with E-state index in [2.05, 4.69) is 49.8 Å². The van der Waals surface area contributed by atoms with Crippen molar-refractivity contribution in [2.45, 2.75) is 58.0 Å². The first kappa shape index (κ1) is 18.4. The van der Waals surface area contributed by atoms with E-state index in [1.54, 1.807) is 0 Å². The van der Waals surface area contributed by atoms with Crippen LogP contribution in [0.4, 0.5) is 5.82 Å². The highest BCUT2D eigenvalue weighted by molar-refractivity contribution is 5.92. The van der Waals surface area contributed by atoms with Crippen molar-refractivity contribution >= 4 is 16.7 Å². The Hall–Kier alpha value is -3.35. The van der Waals surface area contributed by atoms with Gasteiger partial charge in [-0.1, -0.05) is 38.0 Å². The molecule has 4 heterocycles. The molecule has 156 valence electrons. The van der Waals surface area contributed by atoms with Crippen LogP contribution in [0.5, 0.6) is 0 Å². The average molecular weight is 412 g/mol. The minimum Gasteiger partial charge on any atom is -0.342 e. The van der Waals surface area contributed by atoms with E-state index < -0.39 is 0 Å². The summed E-state index contributed by atoms with van der Waals surface area (Å²) in [5, 5.41) is 10.0. The lowest BCUT2D eigenvalue weighted by molar-refractivity contribution is 0.468. The molecule has 0 bridgehead atoms. The lowest BCUT2D eigenvalue weighted by Crippen LogP contribution is -2.42. The number of rotatable bonds is 3. The molecule has 1 aromatic carbocycles. The Morgan fingerprint density at radius 2 is 1.87 bits per heavy atom. The molecule has 7 heteroatoms. The largest absolute Gasteiger partial charge is 0.342 e. The van der Waals surface area contributed by atoms with E-state index in [9.17, 15) is 0 Å². The molecule has 7 nitrogen and oxygen atoms in total. The Morgan fingerprint density at radius 1 is 1.03 bits per heavy atom. The molecule has 4 aromatic rings. The van der Waals surface area contributed by atoms with Gasteiger partial charge >= 0.3 is 0 Å². The van der Waals surface area contributed by atoms with Crippen molar-refractivity contribution in [1.29, 1.82) is 0 Å². The number of aryl methyl sites for hydroxylation is 1. The summed E-state index contributed by atoms with van der Waals surface area (Å²) < 4.78 is 2.14. The third kappa shape index (κ3) is 2.76. The van der Waals surface area contributed by atoms with E-state index in [4.69, 9.17) is 9.97 Å². The summed E-state index contributed by atoms with van der Waals surface area (Å²) in [5.74, 6) is 3.59. The molecule has 6 rings (SSSR count). The third-order valence-corrected chi connectivity index (χ3v) is 6.70. The first-order chi connectivity index (χ1) is 15.3.